The average molecular weight is 456 g/mol. The summed E-state index contributed by atoms with van der Waals surface area (Å²) in [5, 5.41) is 2.24. The molecule has 3 aromatic rings. The van der Waals surface area contributed by atoms with Crippen molar-refractivity contribution in [3.05, 3.63) is 95.1 Å². The minimum absolute atomic E-state index is 0.160. The molecule has 0 aromatic heterocycles. The van der Waals surface area contributed by atoms with Gasteiger partial charge in [-0.3, -0.25) is 14.9 Å². The van der Waals surface area contributed by atoms with E-state index < -0.39 is 17.8 Å². The molecule has 0 unspecified atom stereocenters. The molecule has 0 saturated carbocycles. The molecule has 4 amide bonds. The number of barbiturate groups is 1. The molecule has 34 heavy (non-hydrogen) atoms. The zero-order valence-corrected chi connectivity index (χ0v) is 18.9. The fraction of sp³-hybridized carbons (Fsp3) is 0.148. The van der Waals surface area contributed by atoms with Crippen LogP contribution in [0.1, 0.15) is 16.7 Å². The first-order valence-corrected chi connectivity index (χ1v) is 10.8. The van der Waals surface area contributed by atoms with Gasteiger partial charge in [0, 0.05) is 5.56 Å². The summed E-state index contributed by atoms with van der Waals surface area (Å²) in [5.74, 6) is -0.220. The SMILES string of the molecule is Cc1ccc(OCCOc2ccccc2/C=C2\C(=O)NC(=O)N(c3ccc(C)cc3)C2=O)cc1. The summed E-state index contributed by atoms with van der Waals surface area (Å²) < 4.78 is 11.5. The van der Waals surface area contributed by atoms with Crippen LogP contribution in [0, 0.1) is 13.8 Å². The van der Waals surface area contributed by atoms with Crippen LogP contribution in [0.3, 0.4) is 0 Å². The van der Waals surface area contributed by atoms with E-state index in [1.165, 1.54) is 6.08 Å². The van der Waals surface area contributed by atoms with Crippen molar-refractivity contribution >= 4 is 29.6 Å². The first-order chi connectivity index (χ1) is 16.4. The number of nitrogens with one attached hydrogen (secondary N) is 1. The van der Waals surface area contributed by atoms with Crippen LogP contribution in [0.5, 0.6) is 11.5 Å². The molecular weight excluding hydrogens is 432 g/mol. The first kappa shape index (κ1) is 22.8. The molecule has 0 aliphatic carbocycles. The molecule has 1 saturated heterocycles. The average Bonchev–Trinajstić information content (AvgIpc) is 2.82. The van der Waals surface area contributed by atoms with Crippen molar-refractivity contribution in [1.82, 2.24) is 5.32 Å². The van der Waals surface area contributed by atoms with Crippen molar-refractivity contribution < 1.29 is 23.9 Å². The number of rotatable bonds is 7. The molecule has 7 nitrogen and oxygen atoms in total. The minimum Gasteiger partial charge on any atom is -0.490 e. The van der Waals surface area contributed by atoms with Crippen molar-refractivity contribution in [1.29, 1.82) is 0 Å². The van der Waals surface area contributed by atoms with Gasteiger partial charge in [-0.1, -0.05) is 53.6 Å². The molecule has 1 N–H and O–H groups in total. The predicted molar refractivity (Wildman–Crippen MR) is 129 cm³/mol. The van der Waals surface area contributed by atoms with Gasteiger partial charge in [-0.2, -0.15) is 0 Å². The molecule has 4 rings (SSSR count). The Labute approximate surface area is 197 Å². The fourth-order valence-corrected chi connectivity index (χ4v) is 3.42. The number of urea groups is 1. The molecule has 0 radical (unpaired) electrons. The number of carbonyl (C=O) groups excluding carboxylic acids is 3. The van der Waals surface area contributed by atoms with Crippen LogP contribution in [-0.4, -0.2) is 31.1 Å². The van der Waals surface area contributed by atoms with Gasteiger partial charge in [0.25, 0.3) is 11.8 Å². The van der Waals surface area contributed by atoms with E-state index >= 15 is 0 Å². The Kier molecular flexibility index (Phi) is 6.73. The van der Waals surface area contributed by atoms with E-state index in [2.05, 4.69) is 5.32 Å². The number of imide groups is 2. The Bertz CT molecular complexity index is 1250. The molecule has 0 atom stereocenters. The van der Waals surface area contributed by atoms with Gasteiger partial charge in [0.1, 0.15) is 30.3 Å². The first-order valence-electron chi connectivity index (χ1n) is 10.8. The summed E-state index contributed by atoms with van der Waals surface area (Å²) in [5.41, 5.74) is 2.89. The number of hydrogen-bond acceptors (Lipinski definition) is 5. The third-order valence-electron chi connectivity index (χ3n) is 5.24. The highest BCUT2D eigenvalue weighted by Crippen LogP contribution is 2.25. The van der Waals surface area contributed by atoms with E-state index in [4.69, 9.17) is 9.47 Å². The smallest absolute Gasteiger partial charge is 0.335 e. The third kappa shape index (κ3) is 5.15. The number of para-hydroxylation sites is 1. The Morgan fingerprint density at radius 1 is 0.794 bits per heavy atom. The largest absolute Gasteiger partial charge is 0.490 e. The number of ether oxygens (including phenoxy) is 2. The lowest BCUT2D eigenvalue weighted by atomic mass is 10.1. The van der Waals surface area contributed by atoms with Gasteiger partial charge in [-0.15, -0.1) is 0 Å². The van der Waals surface area contributed by atoms with E-state index in [9.17, 15) is 14.4 Å². The summed E-state index contributed by atoms with van der Waals surface area (Å²) >= 11 is 0. The maximum atomic E-state index is 13.1. The number of carbonyl (C=O) groups is 3. The van der Waals surface area contributed by atoms with Crippen molar-refractivity contribution in [2.75, 3.05) is 18.1 Å². The molecule has 1 fully saturated rings. The van der Waals surface area contributed by atoms with Crippen LogP contribution < -0.4 is 19.7 Å². The highest BCUT2D eigenvalue weighted by Gasteiger charge is 2.36. The molecule has 1 aliphatic heterocycles. The van der Waals surface area contributed by atoms with Gasteiger partial charge in [0.2, 0.25) is 0 Å². The number of aryl methyl sites for hydroxylation is 2. The summed E-state index contributed by atoms with van der Waals surface area (Å²) in [4.78, 5) is 38.9. The number of benzene rings is 3. The maximum Gasteiger partial charge on any atom is 0.335 e. The summed E-state index contributed by atoms with van der Waals surface area (Å²) in [7, 11) is 0. The van der Waals surface area contributed by atoms with Crippen molar-refractivity contribution in [2.24, 2.45) is 0 Å². The fourth-order valence-electron chi connectivity index (χ4n) is 3.42. The minimum atomic E-state index is -0.784. The summed E-state index contributed by atoms with van der Waals surface area (Å²) in [6.07, 6.45) is 1.43. The van der Waals surface area contributed by atoms with Gasteiger partial charge >= 0.3 is 6.03 Å². The zero-order valence-electron chi connectivity index (χ0n) is 18.9. The van der Waals surface area contributed by atoms with Crippen LogP contribution >= 0.6 is 0 Å². The van der Waals surface area contributed by atoms with E-state index in [-0.39, 0.29) is 12.2 Å². The third-order valence-corrected chi connectivity index (χ3v) is 5.24. The van der Waals surface area contributed by atoms with Crippen molar-refractivity contribution in [2.45, 2.75) is 13.8 Å². The van der Waals surface area contributed by atoms with Crippen LogP contribution in [0.2, 0.25) is 0 Å². The van der Waals surface area contributed by atoms with Crippen LogP contribution in [-0.2, 0) is 9.59 Å². The standard InChI is InChI=1S/C27H24N2O5/c1-18-7-11-21(12-8-18)29-26(31)23(25(30)28-27(29)32)17-20-5-3-4-6-24(20)34-16-15-33-22-13-9-19(2)10-14-22/h3-14,17H,15-16H2,1-2H3,(H,28,30,32)/b23-17+. The van der Waals surface area contributed by atoms with Crippen LogP contribution in [0.15, 0.2) is 78.4 Å². The molecule has 1 heterocycles. The monoisotopic (exact) mass is 456 g/mol. The number of anilines is 1. The summed E-state index contributed by atoms with van der Waals surface area (Å²) in [6, 6.07) is 20.9. The van der Waals surface area contributed by atoms with Crippen molar-refractivity contribution in [3.63, 3.8) is 0 Å². The van der Waals surface area contributed by atoms with Crippen molar-refractivity contribution in [3.8, 4) is 11.5 Å². The zero-order chi connectivity index (χ0) is 24.1. The number of amides is 4. The lowest BCUT2D eigenvalue weighted by Gasteiger charge is -2.26. The highest BCUT2D eigenvalue weighted by atomic mass is 16.5. The second-order valence-electron chi connectivity index (χ2n) is 7.84. The number of hydrogen-bond donors (Lipinski definition) is 1. The molecule has 0 spiro atoms. The van der Waals surface area contributed by atoms with E-state index in [0.29, 0.717) is 23.6 Å². The van der Waals surface area contributed by atoms with Gasteiger partial charge < -0.3 is 9.47 Å². The van der Waals surface area contributed by atoms with E-state index in [1.54, 1.807) is 48.5 Å². The molecule has 3 aromatic carbocycles. The van der Waals surface area contributed by atoms with E-state index in [1.807, 2.05) is 38.1 Å². The van der Waals surface area contributed by atoms with Gasteiger partial charge in [0.15, 0.2) is 0 Å². The highest BCUT2D eigenvalue weighted by molar-refractivity contribution is 6.39. The Hall–Kier alpha value is -4.39. The molecule has 172 valence electrons. The second kappa shape index (κ2) is 10.0. The molecular formula is C27H24N2O5. The molecule has 1 aliphatic rings. The molecule has 0 bridgehead atoms. The lowest BCUT2D eigenvalue weighted by Crippen LogP contribution is -2.54. The quantitative estimate of drug-likeness (QED) is 0.323. The molecule has 7 heteroatoms. The van der Waals surface area contributed by atoms with Gasteiger partial charge in [-0.05, 0) is 50.3 Å². The van der Waals surface area contributed by atoms with Crippen LogP contribution in [0.25, 0.3) is 6.08 Å². The van der Waals surface area contributed by atoms with E-state index in [0.717, 1.165) is 21.8 Å². The van der Waals surface area contributed by atoms with Crippen LogP contribution in [0.4, 0.5) is 10.5 Å². The van der Waals surface area contributed by atoms with Gasteiger partial charge in [0.05, 0.1) is 5.69 Å². The Morgan fingerprint density at radius 3 is 2.12 bits per heavy atom. The lowest BCUT2D eigenvalue weighted by molar-refractivity contribution is -0.122. The Morgan fingerprint density at radius 2 is 1.41 bits per heavy atom. The normalized spacial score (nSPS) is 14.8. The van der Waals surface area contributed by atoms with Gasteiger partial charge in [-0.25, -0.2) is 9.69 Å². The predicted octanol–water partition coefficient (Wildman–Crippen LogP) is 4.43. The maximum absolute atomic E-state index is 13.1. The Balaban J connectivity index is 1.50. The number of nitrogens with zero attached hydrogens (tertiary/aromatic N) is 1. The second-order valence-corrected chi connectivity index (χ2v) is 7.84. The topological polar surface area (TPSA) is 84.9 Å². The summed E-state index contributed by atoms with van der Waals surface area (Å²) in [6.45, 7) is 4.50.